The smallest absolute Gasteiger partial charge is 0.252 e. The monoisotopic (exact) mass is 281 g/mol. The maximum Gasteiger partial charge on any atom is 0.252 e. The number of imide groups is 1. The first-order valence-corrected chi connectivity index (χ1v) is 7.78. The fourth-order valence-corrected chi connectivity index (χ4v) is 2.06. The summed E-state index contributed by atoms with van der Waals surface area (Å²) in [5.41, 5.74) is 0. The summed E-state index contributed by atoms with van der Waals surface area (Å²) in [5.74, 6) is 1.30. The quantitative estimate of drug-likeness (QED) is 0.630. The summed E-state index contributed by atoms with van der Waals surface area (Å²) in [4.78, 5) is 24.8. The molecule has 20 heavy (non-hydrogen) atoms. The van der Waals surface area contributed by atoms with E-state index in [0.717, 1.165) is 12.8 Å². The molecular weight excluding hydrogens is 250 g/mol. The topological polar surface area (TPSA) is 37.4 Å². The molecule has 0 radical (unpaired) electrons. The molecule has 0 aliphatic rings. The van der Waals surface area contributed by atoms with Crippen molar-refractivity contribution in [3.8, 4) is 0 Å². The molecule has 0 aliphatic heterocycles. The van der Waals surface area contributed by atoms with E-state index in [2.05, 4.69) is 20.8 Å². The lowest BCUT2D eigenvalue weighted by Gasteiger charge is -2.19. The van der Waals surface area contributed by atoms with Crippen molar-refractivity contribution in [3.63, 3.8) is 0 Å². The van der Waals surface area contributed by atoms with E-state index in [1.54, 1.807) is 6.08 Å². The molecule has 0 aromatic rings. The summed E-state index contributed by atoms with van der Waals surface area (Å²) in [6.07, 6.45) is 6.62. The van der Waals surface area contributed by atoms with Crippen molar-refractivity contribution < 1.29 is 9.59 Å². The maximum absolute atomic E-state index is 12.0. The molecule has 0 heterocycles. The van der Waals surface area contributed by atoms with Crippen LogP contribution in [0.4, 0.5) is 0 Å². The highest BCUT2D eigenvalue weighted by Crippen LogP contribution is 2.19. The Morgan fingerprint density at radius 2 is 1.70 bits per heavy atom. The van der Waals surface area contributed by atoms with Gasteiger partial charge in [-0.15, -0.1) is 0 Å². The van der Waals surface area contributed by atoms with Crippen LogP contribution in [0.3, 0.4) is 0 Å². The number of allylic oxidation sites excluding steroid dienone is 1. The first-order chi connectivity index (χ1) is 9.29. The molecule has 0 aliphatic carbocycles. The highest BCUT2D eigenvalue weighted by molar-refractivity contribution is 6.00. The number of nitrogens with zero attached hydrogens (tertiary/aromatic N) is 1. The summed E-state index contributed by atoms with van der Waals surface area (Å²) in [6.45, 7) is 12.7. The van der Waals surface area contributed by atoms with Crippen LogP contribution in [0.15, 0.2) is 12.2 Å². The summed E-state index contributed by atoms with van der Waals surface area (Å²) in [6, 6.07) is 0. The largest absolute Gasteiger partial charge is 0.279 e. The van der Waals surface area contributed by atoms with E-state index in [9.17, 15) is 9.59 Å². The van der Waals surface area contributed by atoms with Gasteiger partial charge >= 0.3 is 0 Å². The molecule has 3 heteroatoms. The van der Waals surface area contributed by atoms with Gasteiger partial charge in [0.15, 0.2) is 0 Å². The van der Waals surface area contributed by atoms with Gasteiger partial charge in [0.25, 0.3) is 5.91 Å². The Morgan fingerprint density at radius 3 is 2.15 bits per heavy atom. The van der Waals surface area contributed by atoms with Crippen molar-refractivity contribution in [2.75, 3.05) is 6.54 Å². The molecule has 0 bridgehead atoms. The van der Waals surface area contributed by atoms with Gasteiger partial charge in [-0.1, -0.05) is 47.1 Å². The van der Waals surface area contributed by atoms with Crippen LogP contribution >= 0.6 is 0 Å². The molecule has 0 saturated carbocycles. The number of rotatable bonds is 8. The van der Waals surface area contributed by atoms with E-state index >= 15 is 0 Å². The Bertz CT molecular complexity index is 334. The van der Waals surface area contributed by atoms with Crippen molar-refractivity contribution in [1.29, 1.82) is 0 Å². The van der Waals surface area contributed by atoms with Crippen molar-refractivity contribution >= 4 is 11.8 Å². The van der Waals surface area contributed by atoms with Crippen LogP contribution in [0, 0.1) is 17.8 Å². The molecule has 0 spiro atoms. The predicted molar refractivity (Wildman–Crippen MR) is 84.2 cm³/mol. The average molecular weight is 281 g/mol. The van der Waals surface area contributed by atoms with E-state index in [4.69, 9.17) is 0 Å². The number of carbonyl (C=O) groups excluding carboxylic acids is 2. The maximum atomic E-state index is 12.0. The van der Waals surface area contributed by atoms with E-state index in [1.165, 1.54) is 18.2 Å². The van der Waals surface area contributed by atoms with Gasteiger partial charge in [-0.25, -0.2) is 0 Å². The van der Waals surface area contributed by atoms with Crippen LogP contribution in [0.5, 0.6) is 0 Å². The molecule has 3 nitrogen and oxygen atoms in total. The zero-order valence-corrected chi connectivity index (χ0v) is 14.0. The van der Waals surface area contributed by atoms with Crippen molar-refractivity contribution in [2.45, 2.75) is 60.8 Å². The molecule has 2 amide bonds. The normalized spacial score (nSPS) is 14.6. The number of hydrogen-bond acceptors (Lipinski definition) is 2. The Morgan fingerprint density at radius 1 is 1.10 bits per heavy atom. The Hall–Kier alpha value is -1.12. The van der Waals surface area contributed by atoms with Gasteiger partial charge in [-0.05, 0) is 36.7 Å². The van der Waals surface area contributed by atoms with Crippen LogP contribution in [-0.2, 0) is 9.59 Å². The minimum atomic E-state index is -0.192. The Kier molecular flexibility index (Phi) is 9.19. The van der Waals surface area contributed by atoms with Crippen LogP contribution in [-0.4, -0.2) is 23.3 Å². The summed E-state index contributed by atoms with van der Waals surface area (Å²) >= 11 is 0. The third-order valence-electron chi connectivity index (χ3n) is 3.86. The van der Waals surface area contributed by atoms with Gasteiger partial charge in [0.1, 0.15) is 0 Å². The van der Waals surface area contributed by atoms with Crippen molar-refractivity contribution in [3.05, 3.63) is 12.2 Å². The van der Waals surface area contributed by atoms with Crippen molar-refractivity contribution in [2.24, 2.45) is 17.8 Å². The molecule has 0 fully saturated rings. The lowest BCUT2D eigenvalue weighted by Crippen LogP contribution is -2.36. The minimum absolute atomic E-state index is 0.179. The van der Waals surface area contributed by atoms with Crippen molar-refractivity contribution in [1.82, 2.24) is 4.90 Å². The number of carbonyl (C=O) groups is 2. The average Bonchev–Trinajstić information content (AvgIpc) is 2.38. The molecule has 0 saturated heterocycles. The van der Waals surface area contributed by atoms with Crippen LogP contribution in [0.1, 0.15) is 60.8 Å². The molecule has 2 atom stereocenters. The number of amides is 2. The third-order valence-corrected chi connectivity index (χ3v) is 3.86. The summed E-state index contributed by atoms with van der Waals surface area (Å²) < 4.78 is 0. The molecule has 116 valence electrons. The van der Waals surface area contributed by atoms with E-state index in [-0.39, 0.29) is 11.8 Å². The van der Waals surface area contributed by atoms with Crippen LogP contribution < -0.4 is 0 Å². The van der Waals surface area contributed by atoms with E-state index in [0.29, 0.717) is 24.3 Å². The van der Waals surface area contributed by atoms with E-state index in [1.807, 2.05) is 19.9 Å². The lowest BCUT2D eigenvalue weighted by molar-refractivity contribution is -0.141. The van der Waals surface area contributed by atoms with Gasteiger partial charge in [-0.2, -0.15) is 0 Å². The molecule has 0 rings (SSSR count). The molecule has 0 aromatic heterocycles. The summed E-state index contributed by atoms with van der Waals surface area (Å²) in [5, 5.41) is 0. The summed E-state index contributed by atoms with van der Waals surface area (Å²) in [7, 11) is 0. The Balaban J connectivity index is 4.29. The first-order valence-electron chi connectivity index (χ1n) is 7.78. The van der Waals surface area contributed by atoms with E-state index < -0.39 is 0 Å². The predicted octanol–water partition coefficient (Wildman–Crippen LogP) is 4.04. The second-order valence-corrected chi connectivity index (χ2v) is 6.20. The standard InChI is InChI=1S/C17H31NO2/c1-7-14(4)15(5)10-8-9-11-17(20)18(16(6)19)12-13(2)3/h9,11,13-15H,7-8,10,12H2,1-6H3/b11-9+. The van der Waals surface area contributed by atoms with Gasteiger partial charge < -0.3 is 0 Å². The van der Waals surface area contributed by atoms with Gasteiger partial charge in [0, 0.05) is 13.5 Å². The first kappa shape index (κ1) is 18.9. The Labute approximate surface area is 124 Å². The highest BCUT2D eigenvalue weighted by atomic mass is 16.2. The molecule has 2 unspecified atom stereocenters. The fraction of sp³-hybridized carbons (Fsp3) is 0.765. The minimum Gasteiger partial charge on any atom is -0.279 e. The second-order valence-electron chi connectivity index (χ2n) is 6.20. The fourth-order valence-electron chi connectivity index (χ4n) is 2.06. The highest BCUT2D eigenvalue weighted by Gasteiger charge is 2.16. The SMILES string of the molecule is CCC(C)C(C)CC/C=C/C(=O)N(CC(C)C)C(C)=O. The van der Waals surface area contributed by atoms with Gasteiger partial charge in [0.2, 0.25) is 5.91 Å². The molecule has 0 aromatic carbocycles. The lowest BCUT2D eigenvalue weighted by atomic mass is 9.90. The number of hydrogen-bond donors (Lipinski definition) is 0. The molecular formula is C17H31NO2. The van der Waals surface area contributed by atoms with Crippen LogP contribution in [0.2, 0.25) is 0 Å². The van der Waals surface area contributed by atoms with Gasteiger partial charge in [0.05, 0.1) is 0 Å². The zero-order chi connectivity index (χ0) is 15.7. The van der Waals surface area contributed by atoms with Crippen LogP contribution in [0.25, 0.3) is 0 Å². The zero-order valence-electron chi connectivity index (χ0n) is 14.0. The third kappa shape index (κ3) is 7.46. The second kappa shape index (κ2) is 9.73. The van der Waals surface area contributed by atoms with Gasteiger partial charge in [-0.3, -0.25) is 14.5 Å². The molecule has 0 N–H and O–H groups in total.